The van der Waals surface area contributed by atoms with Crippen molar-refractivity contribution in [1.29, 1.82) is 0 Å². The third-order valence-electron chi connectivity index (χ3n) is 4.36. The fraction of sp³-hybridized carbons (Fsp3) is 0.400. The quantitative estimate of drug-likeness (QED) is 0.717. The van der Waals surface area contributed by atoms with E-state index in [1.807, 2.05) is 0 Å². The van der Waals surface area contributed by atoms with Gasteiger partial charge in [0.05, 0.1) is 5.39 Å². The molecule has 6 nitrogen and oxygen atoms in total. The van der Waals surface area contributed by atoms with Crippen molar-refractivity contribution in [3.05, 3.63) is 29.6 Å². The molecule has 0 aliphatic carbocycles. The standard InChI is InChI=1S/C15H16F2N6/c1-7-2-3-8(6-19-7)13-21-14-10-4-9(16)5-11(17)12(10)20-15(18)23(14)22-13/h4-5,7-8,19H,2-3,6H2,1H3,(H2,18,20)/t7-,8+/m0/s1. The lowest BCUT2D eigenvalue weighted by Gasteiger charge is -2.25. The Morgan fingerprint density at radius 3 is 2.83 bits per heavy atom. The molecule has 0 saturated carbocycles. The van der Waals surface area contributed by atoms with Gasteiger partial charge in [-0.1, -0.05) is 0 Å². The molecule has 8 heteroatoms. The van der Waals surface area contributed by atoms with Crippen LogP contribution in [0.1, 0.15) is 31.5 Å². The van der Waals surface area contributed by atoms with E-state index in [-0.39, 0.29) is 22.8 Å². The zero-order chi connectivity index (χ0) is 16.1. The van der Waals surface area contributed by atoms with Crippen molar-refractivity contribution in [2.24, 2.45) is 0 Å². The number of halogens is 2. The number of nitrogens with one attached hydrogen (secondary N) is 1. The first-order valence-electron chi connectivity index (χ1n) is 7.57. The number of fused-ring (bicyclic) bond motifs is 3. The van der Waals surface area contributed by atoms with Crippen molar-refractivity contribution in [2.45, 2.75) is 31.7 Å². The Balaban J connectivity index is 1.90. The summed E-state index contributed by atoms with van der Waals surface area (Å²) in [5.41, 5.74) is 6.21. The number of piperidine rings is 1. The van der Waals surface area contributed by atoms with Gasteiger partial charge in [-0.3, -0.25) is 0 Å². The molecule has 3 aromatic rings. The van der Waals surface area contributed by atoms with Crippen LogP contribution < -0.4 is 11.1 Å². The van der Waals surface area contributed by atoms with Gasteiger partial charge >= 0.3 is 0 Å². The van der Waals surface area contributed by atoms with Crippen LogP contribution in [0.3, 0.4) is 0 Å². The van der Waals surface area contributed by atoms with E-state index in [4.69, 9.17) is 5.73 Å². The number of aromatic nitrogens is 4. The van der Waals surface area contributed by atoms with Gasteiger partial charge in [-0.05, 0) is 25.8 Å². The van der Waals surface area contributed by atoms with E-state index >= 15 is 0 Å². The van der Waals surface area contributed by atoms with Gasteiger partial charge in [0.25, 0.3) is 0 Å². The lowest BCUT2D eigenvalue weighted by atomic mass is 9.95. The molecule has 1 aliphatic heterocycles. The molecule has 0 amide bonds. The highest BCUT2D eigenvalue weighted by atomic mass is 19.1. The second kappa shape index (κ2) is 5.09. The number of hydrogen-bond acceptors (Lipinski definition) is 5. The third kappa shape index (κ3) is 2.29. The van der Waals surface area contributed by atoms with Crippen LogP contribution in [-0.4, -0.2) is 32.2 Å². The van der Waals surface area contributed by atoms with Crippen molar-refractivity contribution < 1.29 is 8.78 Å². The van der Waals surface area contributed by atoms with E-state index in [2.05, 4.69) is 27.3 Å². The molecule has 1 aromatic carbocycles. The fourth-order valence-electron chi connectivity index (χ4n) is 3.07. The van der Waals surface area contributed by atoms with Gasteiger partial charge in [0, 0.05) is 24.6 Å². The summed E-state index contributed by atoms with van der Waals surface area (Å²) in [5.74, 6) is -0.629. The van der Waals surface area contributed by atoms with E-state index < -0.39 is 11.6 Å². The Kier molecular flexibility index (Phi) is 3.15. The van der Waals surface area contributed by atoms with E-state index in [1.54, 1.807) is 0 Å². The first-order valence-corrected chi connectivity index (χ1v) is 7.57. The van der Waals surface area contributed by atoms with E-state index in [0.717, 1.165) is 25.5 Å². The van der Waals surface area contributed by atoms with Crippen LogP contribution in [0.25, 0.3) is 16.6 Å². The average molecular weight is 318 g/mol. The highest BCUT2D eigenvalue weighted by Gasteiger charge is 2.24. The molecule has 4 rings (SSSR count). The van der Waals surface area contributed by atoms with Crippen LogP contribution in [-0.2, 0) is 0 Å². The molecule has 1 saturated heterocycles. The predicted octanol–water partition coefficient (Wildman–Crippen LogP) is 1.99. The van der Waals surface area contributed by atoms with Crippen LogP contribution in [0.4, 0.5) is 14.7 Å². The number of nitrogen functional groups attached to an aromatic ring is 1. The minimum atomic E-state index is -0.757. The monoisotopic (exact) mass is 318 g/mol. The topological polar surface area (TPSA) is 81.1 Å². The Bertz CT molecular complexity index is 898. The summed E-state index contributed by atoms with van der Waals surface area (Å²) < 4.78 is 28.9. The molecule has 120 valence electrons. The summed E-state index contributed by atoms with van der Waals surface area (Å²) in [7, 11) is 0. The summed E-state index contributed by atoms with van der Waals surface area (Å²) in [6.45, 7) is 2.90. The largest absolute Gasteiger partial charge is 0.368 e. The molecule has 0 spiro atoms. The fourth-order valence-corrected chi connectivity index (χ4v) is 3.07. The maximum absolute atomic E-state index is 13.9. The first kappa shape index (κ1) is 14.3. The number of nitrogens with two attached hydrogens (primary N) is 1. The Morgan fingerprint density at radius 1 is 1.26 bits per heavy atom. The highest BCUT2D eigenvalue weighted by Crippen LogP contribution is 2.27. The molecule has 2 aromatic heterocycles. The third-order valence-corrected chi connectivity index (χ3v) is 4.36. The lowest BCUT2D eigenvalue weighted by Crippen LogP contribution is -2.36. The maximum Gasteiger partial charge on any atom is 0.223 e. The van der Waals surface area contributed by atoms with E-state index in [9.17, 15) is 8.78 Å². The van der Waals surface area contributed by atoms with E-state index in [1.165, 1.54) is 10.6 Å². The number of anilines is 1. The van der Waals surface area contributed by atoms with E-state index in [0.29, 0.717) is 17.5 Å². The Morgan fingerprint density at radius 2 is 2.09 bits per heavy atom. The number of rotatable bonds is 1. The molecule has 3 heterocycles. The van der Waals surface area contributed by atoms with Gasteiger partial charge in [-0.25, -0.2) is 18.7 Å². The summed E-state index contributed by atoms with van der Waals surface area (Å²) in [5, 5.41) is 8.06. The highest BCUT2D eigenvalue weighted by molar-refractivity contribution is 5.92. The normalized spacial score (nSPS) is 22.0. The van der Waals surface area contributed by atoms with Gasteiger partial charge in [0.1, 0.15) is 11.3 Å². The maximum atomic E-state index is 13.9. The molecular weight excluding hydrogens is 302 g/mol. The smallest absolute Gasteiger partial charge is 0.223 e. The molecule has 23 heavy (non-hydrogen) atoms. The van der Waals surface area contributed by atoms with Crippen molar-refractivity contribution in [3.63, 3.8) is 0 Å². The average Bonchev–Trinajstić information content (AvgIpc) is 2.95. The van der Waals surface area contributed by atoms with Crippen LogP contribution >= 0.6 is 0 Å². The molecule has 0 unspecified atom stereocenters. The Labute approximate surface area is 130 Å². The van der Waals surface area contributed by atoms with Gasteiger partial charge in [-0.15, -0.1) is 5.10 Å². The van der Waals surface area contributed by atoms with Crippen molar-refractivity contribution in [2.75, 3.05) is 12.3 Å². The minimum absolute atomic E-state index is 0.00532. The van der Waals surface area contributed by atoms with Gasteiger partial charge in [0.15, 0.2) is 17.3 Å². The summed E-state index contributed by atoms with van der Waals surface area (Å²) in [6.07, 6.45) is 1.98. The first-order chi connectivity index (χ1) is 11.0. The van der Waals surface area contributed by atoms with Crippen molar-refractivity contribution in [3.8, 4) is 0 Å². The minimum Gasteiger partial charge on any atom is -0.368 e. The second-order valence-corrected chi connectivity index (χ2v) is 6.04. The summed E-state index contributed by atoms with van der Waals surface area (Å²) >= 11 is 0. The van der Waals surface area contributed by atoms with Crippen LogP contribution in [0.15, 0.2) is 12.1 Å². The molecule has 0 radical (unpaired) electrons. The van der Waals surface area contributed by atoms with Gasteiger partial charge < -0.3 is 11.1 Å². The lowest BCUT2D eigenvalue weighted by molar-refractivity contribution is 0.376. The van der Waals surface area contributed by atoms with Crippen molar-refractivity contribution >= 4 is 22.5 Å². The summed E-state index contributed by atoms with van der Waals surface area (Å²) in [4.78, 5) is 8.49. The van der Waals surface area contributed by atoms with Crippen molar-refractivity contribution in [1.82, 2.24) is 24.9 Å². The molecule has 2 atom stereocenters. The number of benzene rings is 1. The molecule has 1 aliphatic rings. The molecule has 3 N–H and O–H groups in total. The van der Waals surface area contributed by atoms with Gasteiger partial charge in [-0.2, -0.15) is 4.52 Å². The molecular formula is C15H16F2N6. The second-order valence-electron chi connectivity index (χ2n) is 6.04. The summed E-state index contributed by atoms with van der Waals surface area (Å²) in [6, 6.07) is 2.47. The van der Waals surface area contributed by atoms with Crippen LogP contribution in [0.5, 0.6) is 0 Å². The SMILES string of the molecule is C[C@H]1CC[C@@H](c2nc3c4cc(F)cc(F)c4nc(N)n3n2)CN1. The van der Waals surface area contributed by atoms with Gasteiger partial charge in [0.2, 0.25) is 5.95 Å². The molecule has 0 bridgehead atoms. The zero-order valence-corrected chi connectivity index (χ0v) is 12.6. The number of nitrogens with zero attached hydrogens (tertiary/aromatic N) is 4. The van der Waals surface area contributed by atoms with Crippen LogP contribution in [0.2, 0.25) is 0 Å². The number of hydrogen-bond donors (Lipinski definition) is 2. The van der Waals surface area contributed by atoms with Crippen LogP contribution in [0, 0.1) is 11.6 Å². The zero-order valence-electron chi connectivity index (χ0n) is 12.6. The molecule has 1 fully saturated rings. The Hall–Kier alpha value is -2.35. The predicted molar refractivity (Wildman–Crippen MR) is 82.1 cm³/mol.